The van der Waals surface area contributed by atoms with Gasteiger partial charge in [0.2, 0.25) is 0 Å². The SMILES string of the molecule is NNc1cc(C(=O)NC2CCCCCC2)ccc1[N+](=O)[O-]. The van der Waals surface area contributed by atoms with Crippen molar-refractivity contribution in [2.45, 2.75) is 44.6 Å². The third-order valence-corrected chi connectivity index (χ3v) is 3.80. The Morgan fingerprint density at radius 1 is 1.24 bits per heavy atom. The molecule has 114 valence electrons. The summed E-state index contributed by atoms with van der Waals surface area (Å²) < 4.78 is 0. The lowest BCUT2D eigenvalue weighted by Crippen LogP contribution is -2.34. The van der Waals surface area contributed by atoms with Crippen molar-refractivity contribution in [3.63, 3.8) is 0 Å². The molecule has 0 aliphatic heterocycles. The number of nitrogens with one attached hydrogen (secondary N) is 2. The van der Waals surface area contributed by atoms with E-state index in [0.29, 0.717) is 5.56 Å². The van der Waals surface area contributed by atoms with Crippen molar-refractivity contribution in [2.75, 3.05) is 5.43 Å². The van der Waals surface area contributed by atoms with Crippen LogP contribution in [0.25, 0.3) is 0 Å². The van der Waals surface area contributed by atoms with Gasteiger partial charge in [0.05, 0.1) is 4.92 Å². The summed E-state index contributed by atoms with van der Waals surface area (Å²) in [6.45, 7) is 0. The molecule has 0 atom stereocenters. The number of benzene rings is 1. The molecule has 0 bridgehead atoms. The molecule has 1 aromatic carbocycles. The summed E-state index contributed by atoms with van der Waals surface area (Å²) >= 11 is 0. The standard InChI is InChI=1S/C14H20N4O3/c15-17-12-9-10(7-8-13(12)18(20)21)14(19)16-11-5-3-1-2-4-6-11/h7-9,11,17H,1-6,15H2,(H,16,19). The van der Waals surface area contributed by atoms with Crippen LogP contribution in [0.4, 0.5) is 11.4 Å². The Bertz CT molecular complexity index is 525. The molecule has 0 spiro atoms. The quantitative estimate of drug-likeness (QED) is 0.341. The van der Waals surface area contributed by atoms with E-state index >= 15 is 0 Å². The van der Waals surface area contributed by atoms with Gasteiger partial charge in [0.15, 0.2) is 0 Å². The van der Waals surface area contributed by atoms with E-state index in [0.717, 1.165) is 25.7 Å². The Hall–Kier alpha value is -2.15. The number of nitrogens with zero attached hydrogens (tertiary/aromatic N) is 1. The highest BCUT2D eigenvalue weighted by atomic mass is 16.6. The van der Waals surface area contributed by atoms with Crippen LogP contribution in [0.5, 0.6) is 0 Å². The summed E-state index contributed by atoms with van der Waals surface area (Å²) in [6, 6.07) is 4.33. The maximum Gasteiger partial charge on any atom is 0.293 e. The Morgan fingerprint density at radius 3 is 2.48 bits per heavy atom. The number of nitro groups is 1. The highest BCUT2D eigenvalue weighted by molar-refractivity contribution is 5.96. The Balaban J connectivity index is 2.09. The number of hydrogen-bond donors (Lipinski definition) is 3. The zero-order valence-corrected chi connectivity index (χ0v) is 11.8. The number of nitro benzene ring substituents is 1. The van der Waals surface area contributed by atoms with E-state index in [2.05, 4.69) is 10.7 Å². The lowest BCUT2D eigenvalue weighted by atomic mass is 10.1. The molecule has 0 radical (unpaired) electrons. The lowest BCUT2D eigenvalue weighted by molar-refractivity contribution is -0.384. The summed E-state index contributed by atoms with van der Waals surface area (Å²) in [6.07, 6.45) is 6.65. The first-order chi connectivity index (χ1) is 10.1. The number of hydrogen-bond acceptors (Lipinski definition) is 5. The third kappa shape index (κ3) is 3.91. The zero-order valence-electron chi connectivity index (χ0n) is 11.8. The minimum absolute atomic E-state index is 0.133. The second kappa shape index (κ2) is 7.03. The number of amides is 1. The molecule has 7 nitrogen and oxygen atoms in total. The molecular formula is C14H20N4O3. The van der Waals surface area contributed by atoms with Crippen LogP contribution in [0, 0.1) is 10.1 Å². The summed E-state index contributed by atoms with van der Waals surface area (Å²) in [7, 11) is 0. The van der Waals surface area contributed by atoms with Gasteiger partial charge >= 0.3 is 0 Å². The van der Waals surface area contributed by atoms with E-state index in [-0.39, 0.29) is 23.3 Å². The van der Waals surface area contributed by atoms with Crippen LogP contribution in [-0.4, -0.2) is 16.9 Å². The monoisotopic (exact) mass is 292 g/mol. The fourth-order valence-corrected chi connectivity index (χ4v) is 2.64. The van der Waals surface area contributed by atoms with Gasteiger partial charge in [0.25, 0.3) is 11.6 Å². The van der Waals surface area contributed by atoms with Crippen molar-refractivity contribution in [3.8, 4) is 0 Å². The smallest absolute Gasteiger partial charge is 0.293 e. The number of carbonyl (C=O) groups excluding carboxylic acids is 1. The van der Waals surface area contributed by atoms with Crippen molar-refractivity contribution in [3.05, 3.63) is 33.9 Å². The molecule has 0 aromatic heterocycles. The molecule has 1 aromatic rings. The molecule has 4 N–H and O–H groups in total. The van der Waals surface area contributed by atoms with Crippen molar-refractivity contribution in [2.24, 2.45) is 5.84 Å². The van der Waals surface area contributed by atoms with Crippen LogP contribution in [0.15, 0.2) is 18.2 Å². The fraction of sp³-hybridized carbons (Fsp3) is 0.500. The van der Waals surface area contributed by atoms with Gasteiger partial charge in [-0.15, -0.1) is 0 Å². The number of hydrazine groups is 1. The lowest BCUT2D eigenvalue weighted by Gasteiger charge is -2.16. The molecule has 1 aliphatic carbocycles. The van der Waals surface area contributed by atoms with E-state index in [4.69, 9.17) is 5.84 Å². The van der Waals surface area contributed by atoms with Gasteiger partial charge in [0.1, 0.15) is 5.69 Å². The molecule has 1 fully saturated rings. The van der Waals surface area contributed by atoms with E-state index in [1.165, 1.54) is 31.0 Å². The molecule has 1 amide bonds. The highest BCUT2D eigenvalue weighted by Gasteiger charge is 2.19. The fourth-order valence-electron chi connectivity index (χ4n) is 2.64. The number of anilines is 1. The van der Waals surface area contributed by atoms with Gasteiger partial charge in [-0.25, -0.2) is 0 Å². The third-order valence-electron chi connectivity index (χ3n) is 3.80. The largest absolute Gasteiger partial charge is 0.349 e. The van der Waals surface area contributed by atoms with E-state index in [1.807, 2.05) is 0 Å². The summed E-state index contributed by atoms with van der Waals surface area (Å²) in [4.78, 5) is 22.5. The molecule has 1 aliphatic rings. The van der Waals surface area contributed by atoms with Gasteiger partial charge in [-0.1, -0.05) is 25.7 Å². The summed E-state index contributed by atoms with van der Waals surface area (Å²) in [5, 5.41) is 13.8. The van der Waals surface area contributed by atoms with Crippen LogP contribution in [-0.2, 0) is 0 Å². The molecule has 0 saturated heterocycles. The Morgan fingerprint density at radius 2 is 1.90 bits per heavy atom. The molecule has 21 heavy (non-hydrogen) atoms. The minimum atomic E-state index is -0.540. The second-order valence-corrected chi connectivity index (χ2v) is 5.30. The van der Waals surface area contributed by atoms with Crippen molar-refractivity contribution in [1.82, 2.24) is 5.32 Å². The first-order valence-electron chi connectivity index (χ1n) is 7.17. The maximum atomic E-state index is 12.2. The molecule has 7 heteroatoms. The van der Waals surface area contributed by atoms with E-state index in [1.54, 1.807) is 0 Å². The minimum Gasteiger partial charge on any atom is -0.349 e. The number of nitrogens with two attached hydrogens (primary N) is 1. The van der Waals surface area contributed by atoms with Crippen LogP contribution in [0.3, 0.4) is 0 Å². The van der Waals surface area contributed by atoms with E-state index in [9.17, 15) is 14.9 Å². The average molecular weight is 292 g/mol. The van der Waals surface area contributed by atoms with Crippen molar-refractivity contribution >= 4 is 17.3 Å². The van der Waals surface area contributed by atoms with Crippen molar-refractivity contribution in [1.29, 1.82) is 0 Å². The van der Waals surface area contributed by atoms with Gasteiger partial charge in [-0.05, 0) is 25.0 Å². The molecule has 0 unspecified atom stereocenters. The summed E-state index contributed by atoms with van der Waals surface area (Å²) in [5.74, 6) is 5.06. The normalized spacial score (nSPS) is 16.0. The summed E-state index contributed by atoms with van der Waals surface area (Å²) in [5.41, 5.74) is 2.62. The topological polar surface area (TPSA) is 110 Å². The Kier molecular flexibility index (Phi) is 5.10. The first kappa shape index (κ1) is 15.2. The van der Waals surface area contributed by atoms with Gasteiger partial charge in [-0.3, -0.25) is 20.8 Å². The second-order valence-electron chi connectivity index (χ2n) is 5.30. The predicted octanol–water partition coefficient (Wildman–Crippen LogP) is 2.33. The van der Waals surface area contributed by atoms with Crippen molar-refractivity contribution < 1.29 is 9.72 Å². The molecule has 0 heterocycles. The number of rotatable bonds is 4. The maximum absolute atomic E-state index is 12.2. The zero-order chi connectivity index (χ0) is 15.2. The van der Waals surface area contributed by atoms with Gasteiger partial charge in [-0.2, -0.15) is 0 Å². The molecular weight excluding hydrogens is 272 g/mol. The highest BCUT2D eigenvalue weighted by Crippen LogP contribution is 2.25. The van der Waals surface area contributed by atoms with Crippen LogP contribution < -0.4 is 16.6 Å². The van der Waals surface area contributed by atoms with Crippen LogP contribution in [0.2, 0.25) is 0 Å². The van der Waals surface area contributed by atoms with Crippen LogP contribution in [0.1, 0.15) is 48.9 Å². The van der Waals surface area contributed by atoms with E-state index < -0.39 is 4.92 Å². The van der Waals surface area contributed by atoms with Crippen LogP contribution >= 0.6 is 0 Å². The Labute approximate surface area is 123 Å². The van der Waals surface area contributed by atoms with Gasteiger partial charge in [0, 0.05) is 17.7 Å². The first-order valence-corrected chi connectivity index (χ1v) is 7.17. The average Bonchev–Trinajstić information content (AvgIpc) is 2.75. The molecule has 2 rings (SSSR count). The van der Waals surface area contributed by atoms with Gasteiger partial charge < -0.3 is 10.7 Å². The predicted molar refractivity (Wildman–Crippen MR) is 79.9 cm³/mol. The molecule has 1 saturated carbocycles. The number of nitrogen functional groups attached to an aromatic ring is 1. The number of carbonyl (C=O) groups is 1.